The highest BCUT2D eigenvalue weighted by Gasteiger charge is 2.59. The highest BCUT2D eigenvalue weighted by molar-refractivity contribution is 6.31. The SMILES string of the molecule is Cc1ccc(Cn2nc(C(=O)N[C@@H]3C(C)(C)[C@@H]4CC[C@]3(C)C4)cc2-c2ccc(Cl)c(C)c2)cc1. The molecule has 2 aliphatic rings. The van der Waals surface area contributed by atoms with Crippen LogP contribution in [0.4, 0.5) is 0 Å². The molecule has 5 heteroatoms. The van der Waals surface area contributed by atoms with Crippen molar-refractivity contribution in [3.8, 4) is 11.3 Å². The minimum absolute atomic E-state index is 0.0820. The Morgan fingerprint density at radius 3 is 2.50 bits per heavy atom. The zero-order valence-electron chi connectivity index (χ0n) is 20.8. The van der Waals surface area contributed by atoms with Crippen molar-refractivity contribution < 1.29 is 4.79 Å². The van der Waals surface area contributed by atoms with Crippen molar-refractivity contribution in [3.05, 3.63) is 75.9 Å². The summed E-state index contributed by atoms with van der Waals surface area (Å²) < 4.78 is 1.94. The van der Waals surface area contributed by atoms with Crippen LogP contribution in [0.5, 0.6) is 0 Å². The summed E-state index contributed by atoms with van der Waals surface area (Å²) in [6, 6.07) is 16.5. The lowest BCUT2D eigenvalue weighted by Crippen LogP contribution is -2.52. The monoisotopic (exact) mass is 475 g/mol. The van der Waals surface area contributed by atoms with Gasteiger partial charge in [0.15, 0.2) is 5.69 Å². The van der Waals surface area contributed by atoms with E-state index < -0.39 is 0 Å². The summed E-state index contributed by atoms with van der Waals surface area (Å²) in [6.07, 6.45) is 3.65. The van der Waals surface area contributed by atoms with Gasteiger partial charge in [-0.25, -0.2) is 0 Å². The number of hydrogen-bond acceptors (Lipinski definition) is 2. The summed E-state index contributed by atoms with van der Waals surface area (Å²) in [5.41, 5.74) is 6.04. The normalized spacial score (nSPS) is 25.0. The Bertz CT molecular complexity index is 1240. The van der Waals surface area contributed by atoms with Crippen LogP contribution in [0.2, 0.25) is 5.02 Å². The molecule has 2 saturated carbocycles. The van der Waals surface area contributed by atoms with Crippen LogP contribution in [0.25, 0.3) is 11.3 Å². The molecule has 1 heterocycles. The molecule has 2 aliphatic carbocycles. The predicted molar refractivity (Wildman–Crippen MR) is 138 cm³/mol. The molecule has 3 atom stereocenters. The van der Waals surface area contributed by atoms with Crippen molar-refractivity contribution in [1.82, 2.24) is 15.1 Å². The smallest absolute Gasteiger partial charge is 0.272 e. The van der Waals surface area contributed by atoms with Crippen molar-refractivity contribution in [2.24, 2.45) is 16.7 Å². The van der Waals surface area contributed by atoms with Crippen molar-refractivity contribution in [2.45, 2.75) is 66.5 Å². The average Bonchev–Trinajstić information content (AvgIpc) is 3.44. The molecule has 0 saturated heterocycles. The maximum atomic E-state index is 13.5. The number of carbonyl (C=O) groups excluding carboxylic acids is 1. The average molecular weight is 476 g/mol. The van der Waals surface area contributed by atoms with Gasteiger partial charge in [0.25, 0.3) is 5.91 Å². The lowest BCUT2D eigenvalue weighted by Gasteiger charge is -2.42. The van der Waals surface area contributed by atoms with Crippen LogP contribution >= 0.6 is 11.6 Å². The summed E-state index contributed by atoms with van der Waals surface area (Å²) in [7, 11) is 0. The topological polar surface area (TPSA) is 46.9 Å². The number of hydrogen-bond donors (Lipinski definition) is 1. The van der Waals surface area contributed by atoms with Gasteiger partial charge in [0.2, 0.25) is 0 Å². The largest absolute Gasteiger partial charge is 0.347 e. The molecule has 0 unspecified atom stereocenters. The molecule has 2 fully saturated rings. The molecule has 2 aromatic carbocycles. The summed E-state index contributed by atoms with van der Waals surface area (Å²) in [5, 5.41) is 8.94. The second kappa shape index (κ2) is 8.27. The number of nitrogens with one attached hydrogen (secondary N) is 1. The molecule has 0 spiro atoms. The first-order valence-electron chi connectivity index (χ1n) is 12.3. The second-order valence-electron chi connectivity index (χ2n) is 11.3. The van der Waals surface area contributed by atoms with Gasteiger partial charge in [0, 0.05) is 16.6 Å². The Morgan fingerprint density at radius 2 is 1.85 bits per heavy atom. The Balaban J connectivity index is 1.49. The number of nitrogens with zero attached hydrogens (tertiary/aromatic N) is 2. The molecule has 0 radical (unpaired) electrons. The number of amides is 1. The number of rotatable bonds is 5. The third-order valence-corrected chi connectivity index (χ3v) is 8.89. The van der Waals surface area contributed by atoms with Gasteiger partial charge in [0.1, 0.15) is 0 Å². The second-order valence-corrected chi connectivity index (χ2v) is 11.8. The molecular weight excluding hydrogens is 442 g/mol. The standard InChI is InChI=1S/C29H34ClN3O/c1-18-6-8-20(9-7-18)17-33-25(21-10-11-23(30)19(2)14-21)15-24(32-33)26(34)31-27-28(3,4)22-12-13-29(27,5)16-22/h6-11,14-15,22,27H,12-13,16-17H2,1-5H3,(H,31,34)/t22-,27-,29-/m1/s1. The molecule has 3 aromatic rings. The lowest BCUT2D eigenvalue weighted by atomic mass is 9.68. The molecule has 0 aliphatic heterocycles. The zero-order valence-corrected chi connectivity index (χ0v) is 21.5. The van der Waals surface area contributed by atoms with E-state index in [0.717, 1.165) is 27.4 Å². The van der Waals surface area contributed by atoms with Crippen LogP contribution in [0.1, 0.15) is 67.2 Å². The fourth-order valence-electron chi connectivity index (χ4n) is 6.42. The maximum Gasteiger partial charge on any atom is 0.272 e. The first-order valence-corrected chi connectivity index (χ1v) is 12.7. The number of fused-ring (bicyclic) bond motifs is 2. The van der Waals surface area contributed by atoms with Gasteiger partial charge in [-0.3, -0.25) is 9.48 Å². The number of benzene rings is 2. The first-order chi connectivity index (χ1) is 16.1. The van der Waals surface area contributed by atoms with Crippen molar-refractivity contribution in [2.75, 3.05) is 0 Å². The van der Waals surface area contributed by atoms with Gasteiger partial charge >= 0.3 is 0 Å². The zero-order chi connectivity index (χ0) is 24.3. The molecule has 4 nitrogen and oxygen atoms in total. The molecule has 5 rings (SSSR count). The molecule has 1 amide bonds. The fourth-order valence-corrected chi connectivity index (χ4v) is 6.54. The van der Waals surface area contributed by atoms with E-state index in [2.05, 4.69) is 63.3 Å². The third kappa shape index (κ3) is 3.96. The number of carbonyl (C=O) groups is 1. The molecule has 1 N–H and O–H groups in total. The fraction of sp³-hybridized carbons (Fsp3) is 0.448. The van der Waals surface area contributed by atoms with Crippen molar-refractivity contribution in [1.29, 1.82) is 0 Å². The first kappa shape index (κ1) is 23.2. The molecule has 178 valence electrons. The van der Waals surface area contributed by atoms with Gasteiger partial charge in [-0.15, -0.1) is 0 Å². The van der Waals surface area contributed by atoms with Crippen molar-refractivity contribution >= 4 is 17.5 Å². The Kier molecular flexibility index (Phi) is 5.63. The van der Waals surface area contributed by atoms with Gasteiger partial charge in [-0.1, -0.05) is 68.3 Å². The molecular formula is C29H34ClN3O. The van der Waals surface area contributed by atoms with E-state index in [0.29, 0.717) is 18.2 Å². The molecule has 34 heavy (non-hydrogen) atoms. The van der Waals surface area contributed by atoms with Crippen molar-refractivity contribution in [3.63, 3.8) is 0 Å². The Labute approximate surface area is 207 Å². The van der Waals surface area contributed by atoms with Crippen LogP contribution in [-0.2, 0) is 6.54 Å². The van der Waals surface area contributed by atoms with Gasteiger partial charge < -0.3 is 5.32 Å². The van der Waals surface area contributed by atoms with E-state index in [1.54, 1.807) is 0 Å². The third-order valence-electron chi connectivity index (χ3n) is 8.46. The Morgan fingerprint density at radius 1 is 1.12 bits per heavy atom. The van der Waals surface area contributed by atoms with Crippen LogP contribution in [0.3, 0.4) is 0 Å². The summed E-state index contributed by atoms with van der Waals surface area (Å²) in [5.74, 6) is 0.593. The number of aryl methyl sites for hydroxylation is 2. The van der Waals surface area contributed by atoms with E-state index in [9.17, 15) is 4.79 Å². The minimum Gasteiger partial charge on any atom is -0.347 e. The highest BCUT2D eigenvalue weighted by Crippen LogP contribution is 2.62. The molecule has 2 bridgehead atoms. The van der Waals surface area contributed by atoms with Crippen LogP contribution in [0, 0.1) is 30.6 Å². The Hall–Kier alpha value is -2.59. The summed E-state index contributed by atoms with van der Waals surface area (Å²) in [6.45, 7) is 11.6. The van der Waals surface area contributed by atoms with Gasteiger partial charge in [0.05, 0.1) is 12.2 Å². The van der Waals surface area contributed by atoms with E-state index in [4.69, 9.17) is 16.7 Å². The number of halogens is 1. The minimum atomic E-state index is -0.0820. The van der Waals surface area contributed by atoms with E-state index in [-0.39, 0.29) is 22.8 Å². The molecule has 1 aromatic heterocycles. The van der Waals surface area contributed by atoms with Crippen LogP contribution in [0.15, 0.2) is 48.5 Å². The van der Waals surface area contributed by atoms with Crippen LogP contribution in [-0.4, -0.2) is 21.7 Å². The summed E-state index contributed by atoms with van der Waals surface area (Å²) >= 11 is 6.29. The van der Waals surface area contributed by atoms with E-state index in [1.165, 1.54) is 24.8 Å². The van der Waals surface area contributed by atoms with Gasteiger partial charge in [-0.2, -0.15) is 5.10 Å². The van der Waals surface area contributed by atoms with E-state index in [1.807, 2.05) is 29.8 Å². The predicted octanol–water partition coefficient (Wildman–Crippen LogP) is 6.81. The lowest BCUT2D eigenvalue weighted by molar-refractivity contribution is 0.0732. The maximum absolute atomic E-state index is 13.5. The van der Waals surface area contributed by atoms with E-state index >= 15 is 0 Å². The quantitative estimate of drug-likeness (QED) is 0.440. The summed E-state index contributed by atoms with van der Waals surface area (Å²) in [4.78, 5) is 13.5. The van der Waals surface area contributed by atoms with Gasteiger partial charge in [-0.05, 0) is 79.2 Å². The van der Waals surface area contributed by atoms with Crippen LogP contribution < -0.4 is 5.32 Å². The number of aromatic nitrogens is 2. The highest BCUT2D eigenvalue weighted by atomic mass is 35.5.